The summed E-state index contributed by atoms with van der Waals surface area (Å²) in [4.78, 5) is 4.76. The van der Waals surface area contributed by atoms with E-state index < -0.39 is 0 Å². The van der Waals surface area contributed by atoms with Gasteiger partial charge in [0.25, 0.3) is 0 Å². The van der Waals surface area contributed by atoms with E-state index in [1.54, 1.807) is 0 Å². The fraction of sp³-hybridized carbons (Fsp3) is 0.304. The Balaban J connectivity index is 1.87. The van der Waals surface area contributed by atoms with Gasteiger partial charge in [-0.1, -0.05) is 42.5 Å². The molecule has 0 atom stereocenters. The van der Waals surface area contributed by atoms with Gasteiger partial charge in [-0.05, 0) is 55.2 Å². The van der Waals surface area contributed by atoms with E-state index in [-0.39, 0.29) is 0 Å². The summed E-state index contributed by atoms with van der Waals surface area (Å²) in [7, 11) is 0. The molecule has 0 bridgehead atoms. The van der Waals surface area contributed by atoms with Crippen LogP contribution in [0.25, 0.3) is 22.2 Å². The summed E-state index contributed by atoms with van der Waals surface area (Å²) in [5, 5.41) is 9.86. The predicted octanol–water partition coefficient (Wildman–Crippen LogP) is 5.99. The van der Waals surface area contributed by atoms with Crippen LogP contribution in [-0.2, 0) is 0 Å². The van der Waals surface area contributed by atoms with Gasteiger partial charge in [-0.25, -0.2) is 4.98 Å². The van der Waals surface area contributed by atoms with Crippen molar-refractivity contribution in [1.82, 2.24) is 4.98 Å². The minimum atomic E-state index is 0.388. The summed E-state index contributed by atoms with van der Waals surface area (Å²) in [6.07, 6.45) is 8.80. The molecule has 0 unspecified atom stereocenters. The van der Waals surface area contributed by atoms with Gasteiger partial charge in [0.1, 0.15) is 11.6 Å². The smallest absolute Gasteiger partial charge is 0.198 e. The standard InChI is InChI=1S/C23H20N2O/c1-14-18(13-24)21-22(26-23(25-21)17-11-12-17)20(16-9-5-6-10-16)19(14)15-7-3-2-4-8-15/h2-8,16-17H,9-12H2,1H3. The zero-order valence-electron chi connectivity index (χ0n) is 14.8. The Kier molecular flexibility index (Phi) is 3.46. The number of benzene rings is 2. The van der Waals surface area contributed by atoms with E-state index in [4.69, 9.17) is 9.40 Å². The summed E-state index contributed by atoms with van der Waals surface area (Å²) in [5.74, 6) is 1.64. The van der Waals surface area contributed by atoms with Gasteiger partial charge in [0.2, 0.25) is 0 Å². The molecular weight excluding hydrogens is 320 g/mol. The maximum Gasteiger partial charge on any atom is 0.198 e. The van der Waals surface area contributed by atoms with Crippen molar-refractivity contribution in [2.45, 2.75) is 44.4 Å². The minimum absolute atomic E-state index is 0.388. The number of nitrogens with zero attached hydrogens (tertiary/aromatic N) is 2. The third kappa shape index (κ3) is 2.29. The summed E-state index contributed by atoms with van der Waals surface area (Å²) < 4.78 is 6.31. The molecule has 0 saturated heterocycles. The molecule has 0 amide bonds. The van der Waals surface area contributed by atoms with Crippen LogP contribution in [0.1, 0.15) is 60.1 Å². The van der Waals surface area contributed by atoms with Crippen molar-refractivity contribution in [3.63, 3.8) is 0 Å². The van der Waals surface area contributed by atoms with E-state index in [1.807, 2.05) is 6.07 Å². The lowest BCUT2D eigenvalue weighted by Crippen LogP contribution is -2.02. The Morgan fingerprint density at radius 2 is 1.81 bits per heavy atom. The first kappa shape index (κ1) is 15.4. The van der Waals surface area contributed by atoms with E-state index >= 15 is 0 Å². The Bertz CT molecular complexity index is 1060. The summed E-state index contributed by atoms with van der Waals surface area (Å²) in [6.45, 7) is 2.05. The first-order valence-electron chi connectivity index (χ1n) is 9.35. The fourth-order valence-corrected chi connectivity index (χ4v) is 4.17. The number of fused-ring (bicyclic) bond motifs is 1. The maximum atomic E-state index is 9.86. The average molecular weight is 340 g/mol. The molecule has 0 spiro atoms. The number of aromatic nitrogens is 1. The molecule has 3 aromatic rings. The van der Waals surface area contributed by atoms with E-state index in [9.17, 15) is 5.26 Å². The van der Waals surface area contributed by atoms with Crippen molar-refractivity contribution >= 4 is 11.1 Å². The second-order valence-electron chi connectivity index (χ2n) is 7.41. The topological polar surface area (TPSA) is 49.8 Å². The second kappa shape index (κ2) is 5.85. The van der Waals surface area contributed by atoms with Gasteiger partial charge >= 0.3 is 0 Å². The van der Waals surface area contributed by atoms with Crippen molar-refractivity contribution in [2.75, 3.05) is 0 Å². The fourth-order valence-electron chi connectivity index (χ4n) is 4.17. The highest BCUT2D eigenvalue weighted by molar-refractivity contribution is 5.93. The lowest BCUT2D eigenvalue weighted by atomic mass is 9.84. The number of nitriles is 1. The molecule has 2 aliphatic carbocycles. The van der Waals surface area contributed by atoms with Gasteiger partial charge in [0, 0.05) is 11.5 Å². The second-order valence-corrected chi connectivity index (χ2v) is 7.41. The zero-order chi connectivity index (χ0) is 17.7. The zero-order valence-corrected chi connectivity index (χ0v) is 14.8. The quantitative estimate of drug-likeness (QED) is 0.551. The van der Waals surface area contributed by atoms with Crippen LogP contribution in [0.4, 0.5) is 0 Å². The van der Waals surface area contributed by atoms with Crippen LogP contribution in [0, 0.1) is 18.3 Å². The maximum absolute atomic E-state index is 9.86. The number of hydrogen-bond acceptors (Lipinski definition) is 3. The van der Waals surface area contributed by atoms with Gasteiger partial charge in [-0.15, -0.1) is 0 Å². The van der Waals surface area contributed by atoms with E-state index in [0.29, 0.717) is 17.4 Å². The normalized spacial score (nSPS) is 17.1. The molecule has 1 fully saturated rings. The molecule has 26 heavy (non-hydrogen) atoms. The molecule has 0 N–H and O–H groups in total. The molecule has 2 aliphatic rings. The van der Waals surface area contributed by atoms with E-state index in [0.717, 1.165) is 59.4 Å². The molecule has 0 radical (unpaired) electrons. The van der Waals surface area contributed by atoms with Crippen LogP contribution in [0.5, 0.6) is 0 Å². The van der Waals surface area contributed by atoms with Crippen molar-refractivity contribution in [3.8, 4) is 17.2 Å². The Morgan fingerprint density at radius 3 is 2.46 bits per heavy atom. The van der Waals surface area contributed by atoms with Crippen LogP contribution in [-0.4, -0.2) is 4.98 Å². The van der Waals surface area contributed by atoms with Crippen molar-refractivity contribution in [3.05, 3.63) is 65.1 Å². The Hall–Kier alpha value is -2.86. The third-order valence-electron chi connectivity index (χ3n) is 5.66. The highest BCUT2D eigenvalue weighted by atomic mass is 16.3. The average Bonchev–Trinajstić information content (AvgIpc) is 3.20. The van der Waals surface area contributed by atoms with Crippen LogP contribution < -0.4 is 0 Å². The first-order valence-corrected chi connectivity index (χ1v) is 9.35. The van der Waals surface area contributed by atoms with Gasteiger partial charge in [0.15, 0.2) is 11.5 Å². The lowest BCUT2D eigenvalue weighted by Gasteiger charge is -2.19. The monoisotopic (exact) mass is 340 g/mol. The van der Waals surface area contributed by atoms with E-state index in [1.165, 1.54) is 5.56 Å². The van der Waals surface area contributed by atoms with Gasteiger partial charge in [-0.3, -0.25) is 0 Å². The number of oxazole rings is 1. The van der Waals surface area contributed by atoms with Crippen LogP contribution in [0.2, 0.25) is 0 Å². The Morgan fingerprint density at radius 1 is 1.08 bits per heavy atom. The molecular formula is C23H20N2O. The molecule has 1 aromatic heterocycles. The van der Waals surface area contributed by atoms with Gasteiger partial charge < -0.3 is 4.42 Å². The summed E-state index contributed by atoms with van der Waals surface area (Å²) >= 11 is 0. The molecule has 0 aliphatic heterocycles. The number of hydrogen-bond donors (Lipinski definition) is 0. The van der Waals surface area contributed by atoms with Crippen LogP contribution >= 0.6 is 0 Å². The molecule has 3 nitrogen and oxygen atoms in total. The Labute approximate surface area is 153 Å². The van der Waals surface area contributed by atoms with Crippen LogP contribution in [0.15, 0.2) is 46.9 Å². The minimum Gasteiger partial charge on any atom is -0.440 e. The first-order chi connectivity index (χ1) is 12.8. The molecule has 128 valence electrons. The SMILES string of the molecule is Cc1c(-c2ccccc2)c(C2CC=CC2)c2oc(C3CC3)nc2c1C#N. The van der Waals surface area contributed by atoms with Gasteiger partial charge in [0.05, 0.1) is 5.56 Å². The lowest BCUT2D eigenvalue weighted by molar-refractivity contribution is 0.527. The predicted molar refractivity (Wildman–Crippen MR) is 102 cm³/mol. The van der Waals surface area contributed by atoms with Crippen molar-refractivity contribution in [2.24, 2.45) is 0 Å². The number of allylic oxidation sites excluding steroid dienone is 2. The number of rotatable bonds is 3. The van der Waals surface area contributed by atoms with Crippen LogP contribution in [0.3, 0.4) is 0 Å². The summed E-state index contributed by atoms with van der Waals surface area (Å²) in [6, 6.07) is 12.8. The van der Waals surface area contributed by atoms with Gasteiger partial charge in [-0.2, -0.15) is 5.26 Å². The highest BCUT2D eigenvalue weighted by Gasteiger charge is 2.33. The van der Waals surface area contributed by atoms with Crippen molar-refractivity contribution < 1.29 is 4.42 Å². The molecule has 1 heterocycles. The third-order valence-corrected chi connectivity index (χ3v) is 5.66. The molecule has 3 heteroatoms. The van der Waals surface area contributed by atoms with Crippen molar-refractivity contribution in [1.29, 1.82) is 5.26 Å². The highest BCUT2D eigenvalue weighted by Crippen LogP contribution is 2.47. The van der Waals surface area contributed by atoms with E-state index in [2.05, 4.69) is 49.4 Å². The molecule has 1 saturated carbocycles. The molecule has 5 rings (SSSR count). The largest absolute Gasteiger partial charge is 0.440 e. The summed E-state index contributed by atoms with van der Waals surface area (Å²) in [5.41, 5.74) is 6.80. The molecule has 2 aromatic carbocycles.